The molecule has 1 saturated heterocycles. The van der Waals surface area contributed by atoms with Crippen molar-refractivity contribution in [3.05, 3.63) is 59.7 Å². The van der Waals surface area contributed by atoms with Gasteiger partial charge in [-0.3, -0.25) is 4.79 Å². The molecular weight excluding hydrogens is 420 g/mol. The summed E-state index contributed by atoms with van der Waals surface area (Å²) in [4.78, 5) is 39.1. The van der Waals surface area contributed by atoms with Gasteiger partial charge in [0.15, 0.2) is 0 Å². The summed E-state index contributed by atoms with van der Waals surface area (Å²) in [5, 5.41) is 12.4. The first-order valence-corrected chi connectivity index (χ1v) is 11.4. The Morgan fingerprint density at radius 2 is 1.61 bits per heavy atom. The number of carboxylic acid groups (broad SMARTS) is 1. The summed E-state index contributed by atoms with van der Waals surface area (Å²) >= 11 is 0. The number of amides is 2. The molecule has 2 N–H and O–H groups in total. The van der Waals surface area contributed by atoms with Gasteiger partial charge in [0.2, 0.25) is 5.91 Å². The minimum Gasteiger partial charge on any atom is -0.480 e. The van der Waals surface area contributed by atoms with Gasteiger partial charge < -0.3 is 20.1 Å². The molecule has 33 heavy (non-hydrogen) atoms. The van der Waals surface area contributed by atoms with E-state index in [2.05, 4.69) is 29.6 Å². The molecule has 2 amide bonds. The number of benzene rings is 2. The number of carbonyl (C=O) groups excluding carboxylic acids is 2. The van der Waals surface area contributed by atoms with E-state index in [1.54, 1.807) is 0 Å². The molecule has 2 aromatic rings. The lowest BCUT2D eigenvalue weighted by atomic mass is 9.70. The molecule has 1 saturated carbocycles. The second-order valence-electron chi connectivity index (χ2n) is 10.0. The van der Waals surface area contributed by atoms with Crippen molar-refractivity contribution in [1.82, 2.24) is 10.2 Å². The Kier molecular flexibility index (Phi) is 4.96. The van der Waals surface area contributed by atoms with Crippen molar-refractivity contribution in [3.8, 4) is 11.1 Å². The molecule has 2 aliphatic carbocycles. The second kappa shape index (κ2) is 7.61. The standard InChI is InChI=1S/C26H28N2O5/c1-25(2)15-28(21(25)22(29)30)23(31)26(12-7-13-26)27-24(32)33-14-20-18-10-5-3-8-16(18)17-9-4-6-11-19(17)20/h3-6,8-11,20-21H,7,12-15H2,1-2H3,(H,27,32)(H,29,30). The number of carboxylic acids is 1. The molecule has 1 unspecified atom stereocenters. The van der Waals surface area contributed by atoms with Crippen molar-refractivity contribution in [2.75, 3.05) is 13.2 Å². The third kappa shape index (κ3) is 3.37. The highest BCUT2D eigenvalue weighted by Gasteiger charge is 2.58. The lowest BCUT2D eigenvalue weighted by molar-refractivity contribution is -0.177. The molecule has 7 nitrogen and oxygen atoms in total. The molecule has 3 aliphatic rings. The Balaban J connectivity index is 1.28. The summed E-state index contributed by atoms with van der Waals surface area (Å²) in [6.07, 6.45) is 1.12. The zero-order valence-corrected chi connectivity index (χ0v) is 18.8. The quantitative estimate of drug-likeness (QED) is 0.726. The largest absolute Gasteiger partial charge is 0.480 e. The Hall–Kier alpha value is -3.35. The fraction of sp³-hybridized carbons (Fsp3) is 0.423. The lowest BCUT2D eigenvalue weighted by Gasteiger charge is -2.55. The summed E-state index contributed by atoms with van der Waals surface area (Å²) in [5.41, 5.74) is 2.96. The van der Waals surface area contributed by atoms with Crippen molar-refractivity contribution in [2.45, 2.75) is 50.6 Å². The molecule has 1 heterocycles. The van der Waals surface area contributed by atoms with E-state index >= 15 is 0 Å². The first-order chi connectivity index (χ1) is 15.7. The van der Waals surface area contributed by atoms with Crippen LogP contribution in [0.2, 0.25) is 0 Å². The van der Waals surface area contributed by atoms with E-state index in [-0.39, 0.29) is 18.4 Å². The Bertz CT molecular complexity index is 1090. The summed E-state index contributed by atoms with van der Waals surface area (Å²) in [6, 6.07) is 15.3. The Morgan fingerprint density at radius 1 is 1.03 bits per heavy atom. The van der Waals surface area contributed by atoms with Crippen molar-refractivity contribution < 1.29 is 24.2 Å². The van der Waals surface area contributed by atoms with Crippen LogP contribution in [0.3, 0.4) is 0 Å². The predicted molar refractivity (Wildman–Crippen MR) is 122 cm³/mol. The van der Waals surface area contributed by atoms with Gasteiger partial charge in [0.1, 0.15) is 18.2 Å². The number of ether oxygens (including phenoxy) is 1. The van der Waals surface area contributed by atoms with Crippen LogP contribution in [0.25, 0.3) is 11.1 Å². The third-order valence-electron chi connectivity index (χ3n) is 7.43. The molecule has 2 aromatic carbocycles. The van der Waals surface area contributed by atoms with E-state index in [4.69, 9.17) is 4.74 Å². The highest BCUT2D eigenvalue weighted by Crippen LogP contribution is 2.45. The smallest absolute Gasteiger partial charge is 0.408 e. The molecule has 0 radical (unpaired) electrons. The van der Waals surface area contributed by atoms with E-state index in [9.17, 15) is 19.5 Å². The van der Waals surface area contributed by atoms with Gasteiger partial charge in [-0.2, -0.15) is 0 Å². The molecule has 172 valence electrons. The zero-order chi connectivity index (χ0) is 23.4. The lowest BCUT2D eigenvalue weighted by Crippen LogP contribution is -2.74. The minimum absolute atomic E-state index is 0.0660. The van der Waals surface area contributed by atoms with Crippen LogP contribution >= 0.6 is 0 Å². The van der Waals surface area contributed by atoms with Crippen molar-refractivity contribution in [3.63, 3.8) is 0 Å². The molecule has 0 bridgehead atoms. The molecule has 1 atom stereocenters. The minimum atomic E-state index is -1.08. The molecule has 2 fully saturated rings. The zero-order valence-electron chi connectivity index (χ0n) is 18.8. The molecule has 0 spiro atoms. The Labute approximate surface area is 192 Å². The second-order valence-corrected chi connectivity index (χ2v) is 10.0. The number of alkyl carbamates (subject to hydrolysis) is 1. The van der Waals surface area contributed by atoms with Gasteiger partial charge in [0.05, 0.1) is 0 Å². The van der Waals surface area contributed by atoms with Gasteiger partial charge >= 0.3 is 12.1 Å². The molecule has 7 heteroatoms. The maximum absolute atomic E-state index is 13.2. The van der Waals surface area contributed by atoms with E-state index in [1.165, 1.54) is 4.90 Å². The van der Waals surface area contributed by atoms with Gasteiger partial charge in [0.25, 0.3) is 0 Å². The van der Waals surface area contributed by atoms with Crippen molar-refractivity contribution >= 4 is 18.0 Å². The maximum Gasteiger partial charge on any atom is 0.408 e. The highest BCUT2D eigenvalue weighted by molar-refractivity contribution is 5.95. The number of carbonyl (C=O) groups is 3. The third-order valence-corrected chi connectivity index (χ3v) is 7.43. The van der Waals surface area contributed by atoms with Gasteiger partial charge in [-0.1, -0.05) is 62.4 Å². The number of nitrogens with one attached hydrogen (secondary N) is 1. The fourth-order valence-electron chi connectivity index (χ4n) is 5.61. The van der Waals surface area contributed by atoms with E-state index in [0.717, 1.165) is 28.7 Å². The monoisotopic (exact) mass is 448 g/mol. The fourth-order valence-corrected chi connectivity index (χ4v) is 5.61. The number of hydrogen-bond acceptors (Lipinski definition) is 4. The average Bonchev–Trinajstić information content (AvgIpc) is 3.06. The first-order valence-electron chi connectivity index (χ1n) is 11.4. The van der Waals surface area contributed by atoms with Crippen LogP contribution < -0.4 is 5.32 Å². The number of rotatable bonds is 5. The van der Waals surface area contributed by atoms with Gasteiger partial charge in [-0.05, 0) is 41.5 Å². The summed E-state index contributed by atoms with van der Waals surface area (Å²) < 4.78 is 5.63. The van der Waals surface area contributed by atoms with Crippen LogP contribution in [0.15, 0.2) is 48.5 Å². The van der Waals surface area contributed by atoms with Crippen LogP contribution in [0.1, 0.15) is 50.2 Å². The molecule has 5 rings (SSSR count). The van der Waals surface area contributed by atoms with Gasteiger partial charge in [0, 0.05) is 17.9 Å². The number of aliphatic carboxylic acids is 1. The normalized spacial score (nSPS) is 21.8. The van der Waals surface area contributed by atoms with E-state index < -0.39 is 29.1 Å². The van der Waals surface area contributed by atoms with E-state index in [1.807, 2.05) is 38.1 Å². The summed E-state index contributed by atoms with van der Waals surface area (Å²) in [6.45, 7) is 4.19. The SMILES string of the molecule is CC1(C)CN(C(=O)C2(NC(=O)OCC3c4ccccc4-c4ccccc43)CCC2)C1C(=O)O. The maximum atomic E-state index is 13.2. The average molecular weight is 449 g/mol. The van der Waals surface area contributed by atoms with Crippen LogP contribution in [0, 0.1) is 5.41 Å². The van der Waals surface area contributed by atoms with Gasteiger partial charge in [-0.25, -0.2) is 9.59 Å². The number of hydrogen-bond donors (Lipinski definition) is 2. The number of fused-ring (bicyclic) bond motifs is 3. The molecule has 0 aromatic heterocycles. The predicted octanol–water partition coefficient (Wildman–Crippen LogP) is 3.77. The Morgan fingerprint density at radius 3 is 2.09 bits per heavy atom. The van der Waals surface area contributed by atoms with Gasteiger partial charge in [-0.15, -0.1) is 0 Å². The molecular formula is C26H28N2O5. The topological polar surface area (TPSA) is 95.9 Å². The van der Waals surface area contributed by atoms with Crippen LogP contribution in [0.4, 0.5) is 4.79 Å². The number of likely N-dealkylation sites (tertiary alicyclic amines) is 1. The summed E-state index contributed by atoms with van der Waals surface area (Å²) in [7, 11) is 0. The number of nitrogens with zero attached hydrogens (tertiary/aromatic N) is 1. The highest BCUT2D eigenvalue weighted by atomic mass is 16.5. The first kappa shape index (κ1) is 21.5. The summed E-state index contributed by atoms with van der Waals surface area (Å²) in [5.74, 6) is -1.41. The van der Waals surface area contributed by atoms with E-state index in [0.29, 0.717) is 19.4 Å². The molecule has 1 aliphatic heterocycles. The van der Waals surface area contributed by atoms with Crippen molar-refractivity contribution in [1.29, 1.82) is 0 Å². The van der Waals surface area contributed by atoms with Crippen LogP contribution in [0.5, 0.6) is 0 Å². The van der Waals surface area contributed by atoms with Crippen molar-refractivity contribution in [2.24, 2.45) is 5.41 Å². The van der Waals surface area contributed by atoms with Crippen LogP contribution in [-0.4, -0.2) is 52.7 Å². The van der Waals surface area contributed by atoms with Crippen LogP contribution in [-0.2, 0) is 14.3 Å².